The number of carbonyl (C=O) groups excluding carboxylic acids is 1. The van der Waals surface area contributed by atoms with Gasteiger partial charge in [-0.1, -0.05) is 101 Å². The van der Waals surface area contributed by atoms with E-state index in [4.69, 9.17) is 15.7 Å². The van der Waals surface area contributed by atoms with E-state index in [0.29, 0.717) is 34.6 Å². The maximum atomic E-state index is 13.5. The second-order valence-electron chi connectivity index (χ2n) is 22.7. The molecule has 2 saturated carbocycles. The largest absolute Gasteiger partial charge is 0.399 e. The Balaban J connectivity index is 0.000000209. The molecule has 0 saturated heterocycles. The van der Waals surface area contributed by atoms with E-state index in [9.17, 15) is 21.6 Å². The summed E-state index contributed by atoms with van der Waals surface area (Å²) in [6, 6.07) is 24.1. The molecule has 1 amide bonds. The first kappa shape index (κ1) is 52.4. The van der Waals surface area contributed by atoms with Crippen LogP contribution in [-0.2, 0) is 48.8 Å². The molecule has 2 aromatic heterocycles. The van der Waals surface area contributed by atoms with Crippen molar-refractivity contribution < 1.29 is 21.6 Å². The van der Waals surface area contributed by atoms with Gasteiger partial charge in [0.2, 0.25) is 5.91 Å². The molecule has 13 nitrogen and oxygen atoms in total. The normalized spacial score (nSPS) is 15.7. The third kappa shape index (κ3) is 11.7. The maximum absolute atomic E-state index is 13.5. The Hall–Kier alpha value is -5.41. The average molecular weight is 993 g/mol. The van der Waals surface area contributed by atoms with Gasteiger partial charge in [-0.3, -0.25) is 13.4 Å². The smallest absolute Gasteiger partial charge is 0.264 e. The summed E-state index contributed by atoms with van der Waals surface area (Å²) >= 11 is 0. The van der Waals surface area contributed by atoms with E-state index < -0.39 is 25.5 Å². The summed E-state index contributed by atoms with van der Waals surface area (Å²) in [5.41, 5.74) is 11.0. The number of aromatic nitrogens is 4. The second kappa shape index (κ2) is 20.4. The monoisotopic (exact) mass is 993 g/mol. The third-order valence-corrected chi connectivity index (χ3v) is 17.5. The van der Waals surface area contributed by atoms with Gasteiger partial charge >= 0.3 is 0 Å². The fraction of sp³-hybridized carbons (Fsp3) is 0.509. The number of sulfonamides is 2. The molecule has 2 aliphatic rings. The summed E-state index contributed by atoms with van der Waals surface area (Å²) in [7, 11) is -4.35. The molecule has 0 bridgehead atoms. The van der Waals surface area contributed by atoms with Gasteiger partial charge in [-0.05, 0) is 122 Å². The second-order valence-corrected chi connectivity index (χ2v) is 26.6. The topological polar surface area (TPSA) is 166 Å². The Morgan fingerprint density at radius 3 is 1.31 bits per heavy atom. The van der Waals surface area contributed by atoms with Crippen LogP contribution in [0.25, 0.3) is 22.1 Å². The summed E-state index contributed by atoms with van der Waals surface area (Å²) in [5, 5.41) is 2.83. The van der Waals surface area contributed by atoms with Crippen LogP contribution in [0.1, 0.15) is 138 Å². The van der Waals surface area contributed by atoms with Gasteiger partial charge in [0.25, 0.3) is 20.0 Å². The fourth-order valence-electron chi connectivity index (χ4n) is 9.66. The Kier molecular flexibility index (Phi) is 15.3. The van der Waals surface area contributed by atoms with Gasteiger partial charge < -0.3 is 20.2 Å². The van der Waals surface area contributed by atoms with Gasteiger partial charge in [0.15, 0.2) is 0 Å². The molecule has 15 heteroatoms. The molecule has 0 spiro atoms. The molecule has 2 aliphatic carbocycles. The third-order valence-electron chi connectivity index (χ3n) is 13.9. The minimum absolute atomic E-state index is 0.101. The van der Waals surface area contributed by atoms with E-state index in [-0.39, 0.29) is 26.5 Å². The zero-order valence-corrected chi connectivity index (χ0v) is 45.0. The number of nitrogens with two attached hydrogens (primary N) is 1. The molecule has 0 aliphatic heterocycles. The summed E-state index contributed by atoms with van der Waals surface area (Å²) in [6.07, 6.45) is 12.9. The van der Waals surface area contributed by atoms with Gasteiger partial charge in [0, 0.05) is 54.8 Å². The number of fused-ring (bicyclic) bond motifs is 2. The molecule has 6 aromatic rings. The van der Waals surface area contributed by atoms with Crippen LogP contribution < -0.4 is 19.7 Å². The molecule has 4 aromatic carbocycles. The number of amides is 1. The standard InChI is InChI=1S/C30H42N4O3S.C25H34N4O2S/c1-29(2,3)27-32-25-19-23(15-18-26(25)34(27)20-21-11-9-8-10-12-21)33(7)38(36,37)24-16-13-22(14-17-24)31-28(35)30(4,5)6;1-25(2,3)24-27-22-16-20(28(4)32(30,31)21-13-10-19(26)11-14-21)12-15-23(22)29(24)17-18-8-6-5-7-9-18/h13-19,21H,8-12,20H2,1-7H3,(H,31,35);10-16,18H,5-9,17,26H2,1-4H3. The van der Waals surface area contributed by atoms with Crippen molar-refractivity contribution in [3.63, 3.8) is 0 Å². The summed E-state index contributed by atoms with van der Waals surface area (Å²) in [5.74, 6) is 3.29. The van der Waals surface area contributed by atoms with Crippen molar-refractivity contribution in [2.75, 3.05) is 33.8 Å². The highest BCUT2D eigenvalue weighted by molar-refractivity contribution is 7.93. The first-order valence-electron chi connectivity index (χ1n) is 25.0. The molecule has 0 atom stereocenters. The molecule has 0 unspecified atom stereocenters. The highest BCUT2D eigenvalue weighted by atomic mass is 32.2. The van der Waals surface area contributed by atoms with Crippen molar-refractivity contribution in [3.8, 4) is 0 Å². The Morgan fingerprint density at radius 1 is 0.586 bits per heavy atom. The summed E-state index contributed by atoms with van der Waals surface area (Å²) < 4.78 is 60.5. The van der Waals surface area contributed by atoms with Crippen LogP contribution in [-0.4, -0.2) is 55.9 Å². The molecule has 8 rings (SSSR count). The predicted octanol–water partition coefficient (Wildman–Crippen LogP) is 12.0. The Labute approximate surface area is 417 Å². The number of carbonyl (C=O) groups is 1. The SMILES string of the molecule is CN(c1ccc2c(c1)nc(C(C)(C)C)n2CC1CCCCC1)S(=O)(=O)c1ccc(N)cc1.CN(c1ccc2c(c1)nc(C(C)(C)C)n2CC1CCCCC1)S(=O)(=O)c1ccc(NC(=O)C(C)(C)C)cc1. The molecule has 2 fully saturated rings. The lowest BCUT2D eigenvalue weighted by atomic mass is 9.88. The van der Waals surface area contributed by atoms with E-state index in [1.54, 1.807) is 38.4 Å². The van der Waals surface area contributed by atoms with Crippen LogP contribution in [0, 0.1) is 17.3 Å². The maximum Gasteiger partial charge on any atom is 0.264 e. The Morgan fingerprint density at radius 2 is 0.957 bits per heavy atom. The molecule has 2 heterocycles. The molecular weight excluding hydrogens is 917 g/mol. The van der Waals surface area contributed by atoms with E-state index >= 15 is 0 Å². The molecule has 0 radical (unpaired) electrons. The summed E-state index contributed by atoms with van der Waals surface area (Å²) in [4.78, 5) is 22.6. The number of nitrogen functional groups attached to an aromatic ring is 1. The van der Waals surface area contributed by atoms with Crippen molar-refractivity contribution >= 4 is 70.8 Å². The van der Waals surface area contributed by atoms with Gasteiger partial charge in [-0.2, -0.15) is 0 Å². The lowest BCUT2D eigenvalue weighted by molar-refractivity contribution is -0.123. The van der Waals surface area contributed by atoms with Gasteiger partial charge in [0.1, 0.15) is 11.6 Å². The van der Waals surface area contributed by atoms with Gasteiger partial charge in [-0.25, -0.2) is 26.8 Å². The lowest BCUT2D eigenvalue weighted by Crippen LogP contribution is -2.28. The number of benzene rings is 4. The first-order valence-corrected chi connectivity index (χ1v) is 27.9. The van der Waals surface area contributed by atoms with Crippen molar-refractivity contribution in [2.24, 2.45) is 17.3 Å². The number of anilines is 4. The molecule has 3 N–H and O–H groups in total. The van der Waals surface area contributed by atoms with E-state index in [2.05, 4.69) is 56.0 Å². The molecule has 70 heavy (non-hydrogen) atoms. The number of hydrogen-bond acceptors (Lipinski definition) is 8. The van der Waals surface area contributed by atoms with E-state index in [0.717, 1.165) is 46.8 Å². The van der Waals surface area contributed by atoms with Crippen molar-refractivity contribution in [1.29, 1.82) is 0 Å². The predicted molar refractivity (Wildman–Crippen MR) is 287 cm³/mol. The summed E-state index contributed by atoms with van der Waals surface area (Å²) in [6.45, 7) is 20.5. The molecular formula is C55H76N8O5S2. The van der Waals surface area contributed by atoms with Crippen molar-refractivity contribution in [1.82, 2.24) is 19.1 Å². The van der Waals surface area contributed by atoms with Crippen LogP contribution in [0.15, 0.2) is 94.7 Å². The molecule has 378 valence electrons. The van der Waals surface area contributed by atoms with Crippen molar-refractivity contribution in [2.45, 2.75) is 160 Å². The quantitative estimate of drug-likeness (QED) is 0.121. The average Bonchev–Trinajstić information content (AvgIpc) is 3.87. The van der Waals surface area contributed by atoms with Crippen LogP contribution >= 0.6 is 0 Å². The van der Waals surface area contributed by atoms with Crippen LogP contribution in [0.2, 0.25) is 0 Å². The van der Waals surface area contributed by atoms with Gasteiger partial charge in [0.05, 0.1) is 43.2 Å². The zero-order chi connectivity index (χ0) is 51.0. The van der Waals surface area contributed by atoms with E-state index in [1.807, 2.05) is 57.2 Å². The highest BCUT2D eigenvalue weighted by Gasteiger charge is 2.30. The minimum Gasteiger partial charge on any atom is -0.399 e. The highest BCUT2D eigenvalue weighted by Crippen LogP contribution is 2.36. The number of nitrogens with one attached hydrogen (secondary N) is 1. The number of rotatable bonds is 11. The van der Waals surface area contributed by atoms with E-state index in [1.165, 1.54) is 97.1 Å². The number of nitrogens with zero attached hydrogens (tertiary/aromatic N) is 6. The first-order chi connectivity index (χ1) is 32.7. The zero-order valence-electron chi connectivity index (χ0n) is 43.3. The Bertz CT molecular complexity index is 3020. The van der Waals surface area contributed by atoms with Crippen LogP contribution in [0.5, 0.6) is 0 Å². The lowest BCUT2D eigenvalue weighted by Gasteiger charge is -2.26. The fourth-order valence-corrected chi connectivity index (χ4v) is 12.0. The minimum atomic E-state index is -3.80. The van der Waals surface area contributed by atoms with Crippen LogP contribution in [0.3, 0.4) is 0 Å². The van der Waals surface area contributed by atoms with Gasteiger partial charge in [-0.15, -0.1) is 0 Å². The van der Waals surface area contributed by atoms with Crippen LogP contribution in [0.4, 0.5) is 22.7 Å². The number of hydrogen-bond donors (Lipinski definition) is 2. The number of imidazole rings is 2. The van der Waals surface area contributed by atoms with Crippen molar-refractivity contribution in [3.05, 3.63) is 96.6 Å².